The molecule has 1 aromatic rings. The van der Waals surface area contributed by atoms with Gasteiger partial charge in [0.1, 0.15) is 11.9 Å². The van der Waals surface area contributed by atoms with E-state index >= 15 is 0 Å². The van der Waals surface area contributed by atoms with Gasteiger partial charge in [0.05, 0.1) is 13.2 Å². The minimum atomic E-state index is -1.05. The van der Waals surface area contributed by atoms with E-state index in [1.54, 1.807) is 32.2 Å². The van der Waals surface area contributed by atoms with Crippen molar-refractivity contribution in [1.82, 2.24) is 0 Å². The van der Waals surface area contributed by atoms with E-state index in [1.165, 1.54) is 6.92 Å². The van der Waals surface area contributed by atoms with Crippen molar-refractivity contribution in [2.45, 2.75) is 32.5 Å². The monoisotopic (exact) mass is 212 g/mol. The van der Waals surface area contributed by atoms with Crippen molar-refractivity contribution in [1.29, 1.82) is 0 Å². The van der Waals surface area contributed by atoms with Gasteiger partial charge < -0.3 is 9.84 Å². The maximum Gasteiger partial charge on any atom is 0.123 e. The largest absolute Gasteiger partial charge is 0.496 e. The molecule has 0 fully saturated rings. The first-order chi connectivity index (χ1) is 7.06. The van der Waals surface area contributed by atoms with Crippen molar-refractivity contribution < 1.29 is 14.2 Å². The zero-order valence-electron chi connectivity index (χ0n) is 9.33. The minimum Gasteiger partial charge on any atom is -0.496 e. The van der Waals surface area contributed by atoms with Crippen LogP contribution in [0.25, 0.3) is 0 Å². The highest BCUT2D eigenvalue weighted by atomic mass is 19.1. The van der Waals surface area contributed by atoms with Gasteiger partial charge in [-0.2, -0.15) is 0 Å². The van der Waals surface area contributed by atoms with Gasteiger partial charge in [0.2, 0.25) is 0 Å². The average molecular weight is 212 g/mol. The van der Waals surface area contributed by atoms with Crippen LogP contribution in [0, 0.1) is 0 Å². The summed E-state index contributed by atoms with van der Waals surface area (Å²) in [5.74, 6) is 0.637. The Kier molecular flexibility index (Phi) is 4.09. The number of halogens is 1. The van der Waals surface area contributed by atoms with Crippen LogP contribution in [0.4, 0.5) is 4.39 Å². The van der Waals surface area contributed by atoms with Gasteiger partial charge in [-0.3, -0.25) is 0 Å². The second kappa shape index (κ2) is 5.12. The molecule has 15 heavy (non-hydrogen) atoms. The van der Waals surface area contributed by atoms with E-state index in [1.807, 2.05) is 0 Å². The summed E-state index contributed by atoms with van der Waals surface area (Å²) in [5, 5.41) is 9.35. The Bertz CT molecular complexity index is 321. The third-order valence-electron chi connectivity index (χ3n) is 2.32. The summed E-state index contributed by atoms with van der Waals surface area (Å²) in [5.41, 5.74) is 1.35. The van der Waals surface area contributed by atoms with Gasteiger partial charge in [0.15, 0.2) is 0 Å². The molecule has 0 aliphatic carbocycles. The maximum absolute atomic E-state index is 13.3. The van der Waals surface area contributed by atoms with E-state index in [-0.39, 0.29) is 0 Å². The predicted octanol–water partition coefficient (Wildman–Crippen LogP) is 2.65. The molecule has 0 heterocycles. The second-order valence-corrected chi connectivity index (χ2v) is 3.70. The molecule has 2 nitrogen and oxygen atoms in total. The number of aliphatic hydroxyl groups is 1. The highest BCUT2D eigenvalue weighted by Crippen LogP contribution is 2.29. The summed E-state index contributed by atoms with van der Waals surface area (Å²) in [6, 6.07) is 5.27. The summed E-state index contributed by atoms with van der Waals surface area (Å²) >= 11 is 0. The van der Waals surface area contributed by atoms with E-state index in [4.69, 9.17) is 4.74 Å². The van der Waals surface area contributed by atoms with Crippen LogP contribution in [-0.2, 0) is 6.42 Å². The Hall–Kier alpha value is -1.09. The van der Waals surface area contributed by atoms with Gasteiger partial charge in [-0.25, -0.2) is 4.39 Å². The molecule has 0 aliphatic rings. The van der Waals surface area contributed by atoms with Gasteiger partial charge >= 0.3 is 0 Å². The number of hydrogen-bond donors (Lipinski definition) is 1. The Morgan fingerprint density at radius 1 is 1.40 bits per heavy atom. The molecule has 0 amide bonds. The summed E-state index contributed by atoms with van der Waals surface area (Å²) in [6.45, 7) is 3.17. The van der Waals surface area contributed by atoms with Gasteiger partial charge in [0, 0.05) is 12.0 Å². The van der Waals surface area contributed by atoms with Crippen LogP contribution >= 0.6 is 0 Å². The number of alkyl halides is 1. The second-order valence-electron chi connectivity index (χ2n) is 3.70. The van der Waals surface area contributed by atoms with Gasteiger partial charge in [-0.1, -0.05) is 12.1 Å². The van der Waals surface area contributed by atoms with Crippen molar-refractivity contribution >= 4 is 0 Å². The molecule has 0 spiro atoms. The van der Waals surface area contributed by atoms with Crippen LogP contribution in [0.5, 0.6) is 5.75 Å². The first kappa shape index (κ1) is 12.0. The normalized spacial score (nSPS) is 14.7. The minimum absolute atomic E-state index is 0.410. The molecule has 84 valence electrons. The highest BCUT2D eigenvalue weighted by Gasteiger charge is 2.15. The van der Waals surface area contributed by atoms with E-state index in [2.05, 4.69) is 0 Å². The molecule has 3 heteroatoms. The van der Waals surface area contributed by atoms with E-state index in [0.29, 0.717) is 17.7 Å². The van der Waals surface area contributed by atoms with E-state index < -0.39 is 12.3 Å². The molecule has 0 saturated heterocycles. The van der Waals surface area contributed by atoms with Gasteiger partial charge in [-0.15, -0.1) is 0 Å². The standard InChI is InChI=1S/C12H17FO2/c1-8(14)7-11-10(9(2)13)5-4-6-12(11)15-3/h4-6,8-9,14H,7H2,1-3H3. The molecular formula is C12H17FO2. The summed E-state index contributed by atoms with van der Waals surface area (Å²) in [7, 11) is 1.55. The van der Waals surface area contributed by atoms with Crippen molar-refractivity contribution in [3.63, 3.8) is 0 Å². The molecule has 2 unspecified atom stereocenters. The zero-order chi connectivity index (χ0) is 11.4. The lowest BCUT2D eigenvalue weighted by atomic mass is 9.98. The Balaban J connectivity index is 3.14. The van der Waals surface area contributed by atoms with Crippen LogP contribution in [0.15, 0.2) is 18.2 Å². The van der Waals surface area contributed by atoms with Crippen molar-refractivity contribution in [3.05, 3.63) is 29.3 Å². The summed E-state index contributed by atoms with van der Waals surface area (Å²) in [4.78, 5) is 0. The SMILES string of the molecule is COc1cccc(C(C)F)c1CC(C)O. The smallest absolute Gasteiger partial charge is 0.123 e. The Morgan fingerprint density at radius 2 is 2.07 bits per heavy atom. The van der Waals surface area contributed by atoms with Gasteiger partial charge in [-0.05, 0) is 25.5 Å². The van der Waals surface area contributed by atoms with E-state index in [9.17, 15) is 9.50 Å². The summed E-state index contributed by atoms with van der Waals surface area (Å²) < 4.78 is 18.5. The lowest BCUT2D eigenvalue weighted by Gasteiger charge is -2.15. The molecule has 1 N–H and O–H groups in total. The average Bonchev–Trinajstić information content (AvgIpc) is 2.16. The van der Waals surface area contributed by atoms with Crippen LogP contribution in [0.1, 0.15) is 31.1 Å². The van der Waals surface area contributed by atoms with Gasteiger partial charge in [0.25, 0.3) is 0 Å². The molecule has 2 atom stereocenters. The fourth-order valence-corrected chi connectivity index (χ4v) is 1.66. The highest BCUT2D eigenvalue weighted by molar-refractivity contribution is 5.41. The molecule has 0 bridgehead atoms. The number of aliphatic hydroxyl groups excluding tert-OH is 1. The first-order valence-electron chi connectivity index (χ1n) is 5.04. The van der Waals surface area contributed by atoms with Crippen molar-refractivity contribution in [3.8, 4) is 5.75 Å². The Morgan fingerprint density at radius 3 is 2.53 bits per heavy atom. The number of rotatable bonds is 4. The molecular weight excluding hydrogens is 195 g/mol. The van der Waals surface area contributed by atoms with Crippen molar-refractivity contribution in [2.24, 2.45) is 0 Å². The molecule has 0 aromatic heterocycles. The lowest BCUT2D eigenvalue weighted by molar-refractivity contribution is 0.193. The maximum atomic E-state index is 13.3. The summed E-state index contributed by atoms with van der Waals surface area (Å²) in [6.07, 6.45) is -1.14. The third kappa shape index (κ3) is 2.93. The fraction of sp³-hybridized carbons (Fsp3) is 0.500. The predicted molar refractivity (Wildman–Crippen MR) is 57.9 cm³/mol. The molecule has 1 aromatic carbocycles. The number of benzene rings is 1. The third-order valence-corrected chi connectivity index (χ3v) is 2.32. The van der Waals surface area contributed by atoms with Crippen LogP contribution in [0.3, 0.4) is 0 Å². The fourth-order valence-electron chi connectivity index (χ4n) is 1.66. The van der Waals surface area contributed by atoms with Crippen LogP contribution in [0.2, 0.25) is 0 Å². The van der Waals surface area contributed by atoms with Crippen molar-refractivity contribution in [2.75, 3.05) is 7.11 Å². The first-order valence-corrected chi connectivity index (χ1v) is 5.04. The number of hydrogen-bond acceptors (Lipinski definition) is 2. The Labute approximate surface area is 89.7 Å². The van der Waals surface area contributed by atoms with Crippen LogP contribution in [-0.4, -0.2) is 18.3 Å². The molecule has 0 saturated carbocycles. The number of ether oxygens (including phenoxy) is 1. The van der Waals surface area contributed by atoms with Crippen LogP contribution < -0.4 is 4.74 Å². The van der Waals surface area contributed by atoms with E-state index in [0.717, 1.165) is 5.56 Å². The molecule has 0 aliphatic heterocycles. The molecule has 1 rings (SSSR count). The quantitative estimate of drug-likeness (QED) is 0.831. The number of methoxy groups -OCH3 is 1. The zero-order valence-corrected chi connectivity index (χ0v) is 9.33. The lowest BCUT2D eigenvalue weighted by Crippen LogP contribution is -2.09. The molecule has 0 radical (unpaired) electrons. The topological polar surface area (TPSA) is 29.5 Å².